The molecule has 1 N–H and O–H groups in total. The summed E-state index contributed by atoms with van der Waals surface area (Å²) in [5, 5.41) is 2.75. The lowest BCUT2D eigenvalue weighted by Crippen LogP contribution is -2.31. The second-order valence-electron chi connectivity index (χ2n) is 4.17. The molecule has 1 fully saturated rings. The van der Waals surface area contributed by atoms with Gasteiger partial charge in [0.25, 0.3) is 0 Å². The van der Waals surface area contributed by atoms with Crippen molar-refractivity contribution in [3.8, 4) is 0 Å². The van der Waals surface area contributed by atoms with Gasteiger partial charge in [-0.2, -0.15) is 0 Å². The van der Waals surface area contributed by atoms with Crippen LogP contribution in [0.2, 0.25) is 0 Å². The van der Waals surface area contributed by atoms with E-state index in [0.29, 0.717) is 13.0 Å². The Balaban J connectivity index is 2.06. The Bertz CT molecular complexity index is 320. The fourth-order valence-electron chi connectivity index (χ4n) is 1.62. The highest BCUT2D eigenvalue weighted by Crippen LogP contribution is 2.10. The molecular formula is C10H19NO4S. The quantitative estimate of drug-likeness (QED) is 0.725. The largest absolute Gasteiger partial charge is 0.376 e. The van der Waals surface area contributed by atoms with Crippen molar-refractivity contribution in [2.24, 2.45) is 0 Å². The van der Waals surface area contributed by atoms with Gasteiger partial charge in [0, 0.05) is 25.8 Å². The molecule has 0 aromatic heterocycles. The maximum Gasteiger partial charge on any atom is 0.220 e. The fraction of sp³-hybridized carbons (Fsp3) is 0.900. The second-order valence-corrected chi connectivity index (χ2v) is 6.43. The molecule has 6 heteroatoms. The summed E-state index contributed by atoms with van der Waals surface area (Å²) < 4.78 is 27.0. The minimum absolute atomic E-state index is 0.0698. The second kappa shape index (κ2) is 6.20. The van der Waals surface area contributed by atoms with Gasteiger partial charge in [-0.1, -0.05) is 0 Å². The number of carbonyl (C=O) groups excluding carboxylic acids is 1. The molecule has 16 heavy (non-hydrogen) atoms. The highest BCUT2D eigenvalue weighted by atomic mass is 32.2. The first-order chi connectivity index (χ1) is 7.47. The first kappa shape index (κ1) is 13.4. The van der Waals surface area contributed by atoms with Crippen molar-refractivity contribution in [2.75, 3.05) is 25.2 Å². The van der Waals surface area contributed by atoms with Crippen molar-refractivity contribution in [1.29, 1.82) is 0 Å². The molecule has 1 unspecified atom stereocenters. The molecule has 1 aliphatic heterocycles. The third kappa shape index (κ3) is 6.07. The SMILES string of the molecule is CS(=O)(=O)CCCC(=O)NCC1CCCO1. The van der Waals surface area contributed by atoms with Gasteiger partial charge in [0.15, 0.2) is 0 Å². The Morgan fingerprint density at radius 1 is 1.50 bits per heavy atom. The van der Waals surface area contributed by atoms with Crippen LogP contribution in [0.15, 0.2) is 0 Å². The van der Waals surface area contributed by atoms with Crippen LogP contribution in [0.25, 0.3) is 0 Å². The zero-order valence-electron chi connectivity index (χ0n) is 9.57. The van der Waals surface area contributed by atoms with Crippen molar-refractivity contribution in [1.82, 2.24) is 5.32 Å². The number of amides is 1. The number of hydrogen-bond acceptors (Lipinski definition) is 4. The van der Waals surface area contributed by atoms with Crippen molar-refractivity contribution >= 4 is 15.7 Å². The third-order valence-electron chi connectivity index (χ3n) is 2.47. The van der Waals surface area contributed by atoms with Crippen LogP contribution in [-0.4, -0.2) is 45.6 Å². The molecule has 1 aliphatic rings. The van der Waals surface area contributed by atoms with E-state index in [9.17, 15) is 13.2 Å². The van der Waals surface area contributed by atoms with Gasteiger partial charge in [0.1, 0.15) is 9.84 Å². The monoisotopic (exact) mass is 249 g/mol. The summed E-state index contributed by atoms with van der Waals surface area (Å²) in [5.74, 6) is -0.0282. The molecule has 0 aromatic carbocycles. The molecule has 0 radical (unpaired) electrons. The van der Waals surface area contributed by atoms with Gasteiger partial charge in [-0.05, 0) is 19.3 Å². The summed E-state index contributed by atoms with van der Waals surface area (Å²) in [7, 11) is -2.96. The van der Waals surface area contributed by atoms with Crippen molar-refractivity contribution in [2.45, 2.75) is 31.8 Å². The molecule has 1 rings (SSSR count). The van der Waals surface area contributed by atoms with Crippen LogP contribution < -0.4 is 5.32 Å². The summed E-state index contributed by atoms with van der Waals surface area (Å²) in [6.45, 7) is 1.31. The average molecular weight is 249 g/mol. The number of sulfone groups is 1. The van der Waals surface area contributed by atoms with Gasteiger partial charge >= 0.3 is 0 Å². The number of ether oxygens (including phenoxy) is 1. The maximum absolute atomic E-state index is 11.3. The normalized spacial score (nSPS) is 20.9. The predicted molar refractivity (Wildman–Crippen MR) is 60.9 cm³/mol. The molecule has 0 aliphatic carbocycles. The fourth-order valence-corrected chi connectivity index (χ4v) is 2.29. The lowest BCUT2D eigenvalue weighted by atomic mass is 10.2. The smallest absolute Gasteiger partial charge is 0.220 e. The number of carbonyl (C=O) groups is 1. The van der Waals surface area contributed by atoms with E-state index in [2.05, 4.69) is 5.32 Å². The van der Waals surface area contributed by atoms with Crippen LogP contribution in [0.3, 0.4) is 0 Å². The third-order valence-corrected chi connectivity index (χ3v) is 3.50. The van der Waals surface area contributed by atoms with Crippen molar-refractivity contribution < 1.29 is 17.9 Å². The lowest BCUT2D eigenvalue weighted by Gasteiger charge is -2.10. The summed E-state index contributed by atoms with van der Waals surface area (Å²) in [6.07, 6.45) is 4.00. The Kier molecular flexibility index (Phi) is 5.21. The Hall–Kier alpha value is -0.620. The highest BCUT2D eigenvalue weighted by molar-refractivity contribution is 7.90. The molecular weight excluding hydrogens is 230 g/mol. The van der Waals surface area contributed by atoms with E-state index < -0.39 is 9.84 Å². The minimum atomic E-state index is -2.96. The topological polar surface area (TPSA) is 72.5 Å². The zero-order chi connectivity index (χ0) is 12.0. The van der Waals surface area contributed by atoms with E-state index >= 15 is 0 Å². The molecule has 1 amide bonds. The molecule has 0 bridgehead atoms. The van der Waals surface area contributed by atoms with Crippen LogP contribution in [0.4, 0.5) is 0 Å². The molecule has 1 saturated heterocycles. The summed E-state index contributed by atoms with van der Waals surface area (Å²) in [4.78, 5) is 11.3. The van der Waals surface area contributed by atoms with Crippen LogP contribution in [0.5, 0.6) is 0 Å². The molecule has 94 valence electrons. The summed E-state index contributed by atoms with van der Waals surface area (Å²) in [6, 6.07) is 0. The Morgan fingerprint density at radius 3 is 2.81 bits per heavy atom. The van der Waals surface area contributed by atoms with E-state index in [1.54, 1.807) is 0 Å². The number of nitrogens with one attached hydrogen (secondary N) is 1. The van der Waals surface area contributed by atoms with Gasteiger partial charge in [-0.3, -0.25) is 4.79 Å². The van der Waals surface area contributed by atoms with Gasteiger partial charge in [-0.15, -0.1) is 0 Å². The van der Waals surface area contributed by atoms with E-state index in [-0.39, 0.29) is 24.2 Å². The van der Waals surface area contributed by atoms with Gasteiger partial charge < -0.3 is 10.1 Å². The molecule has 0 aromatic rings. The lowest BCUT2D eigenvalue weighted by molar-refractivity contribution is -0.121. The predicted octanol–water partition coefficient (Wildman–Crippen LogP) is 0.106. The van der Waals surface area contributed by atoms with Gasteiger partial charge in [-0.25, -0.2) is 8.42 Å². The van der Waals surface area contributed by atoms with Crippen LogP contribution in [0, 0.1) is 0 Å². The van der Waals surface area contributed by atoms with Crippen LogP contribution in [-0.2, 0) is 19.4 Å². The molecule has 1 heterocycles. The number of rotatable bonds is 6. The van der Waals surface area contributed by atoms with E-state index in [0.717, 1.165) is 19.4 Å². The van der Waals surface area contributed by atoms with E-state index in [4.69, 9.17) is 4.74 Å². The van der Waals surface area contributed by atoms with Crippen LogP contribution >= 0.6 is 0 Å². The first-order valence-electron chi connectivity index (χ1n) is 5.53. The molecule has 0 saturated carbocycles. The number of hydrogen-bond donors (Lipinski definition) is 1. The first-order valence-corrected chi connectivity index (χ1v) is 7.59. The van der Waals surface area contributed by atoms with Crippen LogP contribution in [0.1, 0.15) is 25.7 Å². The highest BCUT2D eigenvalue weighted by Gasteiger charge is 2.16. The molecule has 0 spiro atoms. The summed E-state index contributed by atoms with van der Waals surface area (Å²) in [5.41, 5.74) is 0. The Morgan fingerprint density at radius 2 is 2.25 bits per heavy atom. The standard InChI is InChI=1S/C10H19NO4S/c1-16(13,14)7-3-5-10(12)11-8-9-4-2-6-15-9/h9H,2-8H2,1H3,(H,11,12). The molecule has 1 atom stereocenters. The van der Waals surface area contributed by atoms with Gasteiger partial charge in [0.05, 0.1) is 11.9 Å². The van der Waals surface area contributed by atoms with E-state index in [1.807, 2.05) is 0 Å². The summed E-state index contributed by atoms with van der Waals surface area (Å²) >= 11 is 0. The maximum atomic E-state index is 11.3. The molecule has 5 nitrogen and oxygen atoms in total. The Labute approximate surface area is 96.5 Å². The van der Waals surface area contributed by atoms with Gasteiger partial charge in [0.2, 0.25) is 5.91 Å². The van der Waals surface area contributed by atoms with E-state index in [1.165, 1.54) is 6.26 Å². The van der Waals surface area contributed by atoms with Crippen molar-refractivity contribution in [3.63, 3.8) is 0 Å². The average Bonchev–Trinajstić information content (AvgIpc) is 2.65. The minimum Gasteiger partial charge on any atom is -0.376 e. The zero-order valence-corrected chi connectivity index (χ0v) is 10.4. The van der Waals surface area contributed by atoms with Crippen molar-refractivity contribution in [3.05, 3.63) is 0 Å².